The molecule has 1 heterocycles. The summed E-state index contributed by atoms with van der Waals surface area (Å²) in [5.74, 6) is -0.851. The van der Waals surface area contributed by atoms with Crippen molar-refractivity contribution in [2.75, 3.05) is 5.32 Å². The van der Waals surface area contributed by atoms with Gasteiger partial charge in [-0.25, -0.2) is 4.98 Å². The van der Waals surface area contributed by atoms with Crippen molar-refractivity contribution >= 4 is 28.1 Å². The normalized spacial score (nSPS) is 10.5. The first kappa shape index (κ1) is 16.2. The maximum Gasteiger partial charge on any atom is 0.308 e. The number of thiazole rings is 1. The molecule has 0 fully saturated rings. The molecular weight excluding hydrogens is 320 g/mol. The molecule has 0 spiro atoms. The third-order valence-electron chi connectivity index (χ3n) is 3.67. The zero-order valence-corrected chi connectivity index (χ0v) is 14.1. The van der Waals surface area contributed by atoms with Gasteiger partial charge in [0.1, 0.15) is 0 Å². The smallest absolute Gasteiger partial charge is 0.308 e. The van der Waals surface area contributed by atoms with Crippen LogP contribution >= 0.6 is 11.3 Å². The van der Waals surface area contributed by atoms with Gasteiger partial charge in [-0.05, 0) is 24.1 Å². The Hall–Kier alpha value is -2.66. The van der Waals surface area contributed by atoms with E-state index in [-0.39, 0.29) is 6.42 Å². The van der Waals surface area contributed by atoms with Crippen LogP contribution in [0.4, 0.5) is 10.8 Å². The summed E-state index contributed by atoms with van der Waals surface area (Å²) < 4.78 is 0. The van der Waals surface area contributed by atoms with Crippen LogP contribution in [0, 0.1) is 0 Å². The molecule has 3 rings (SSSR count). The molecule has 2 N–H and O–H groups in total. The van der Waals surface area contributed by atoms with Crippen LogP contribution in [-0.4, -0.2) is 16.1 Å². The van der Waals surface area contributed by atoms with Gasteiger partial charge in [0.15, 0.2) is 5.13 Å². The Morgan fingerprint density at radius 3 is 2.46 bits per heavy atom. The van der Waals surface area contributed by atoms with E-state index in [0.29, 0.717) is 5.13 Å². The average molecular weight is 338 g/mol. The quantitative estimate of drug-likeness (QED) is 0.681. The SMILES string of the molecule is CCc1ccc(-c2nc(Nc3ccccc3)sc2CC(=O)O)cc1. The second kappa shape index (κ2) is 7.27. The van der Waals surface area contributed by atoms with Gasteiger partial charge >= 0.3 is 5.97 Å². The number of hydrogen-bond donors (Lipinski definition) is 2. The zero-order chi connectivity index (χ0) is 16.9. The van der Waals surface area contributed by atoms with Crippen molar-refractivity contribution in [3.63, 3.8) is 0 Å². The molecule has 0 unspecified atom stereocenters. The van der Waals surface area contributed by atoms with Gasteiger partial charge in [-0.15, -0.1) is 11.3 Å². The first-order valence-corrected chi connectivity index (χ1v) is 8.60. The van der Waals surface area contributed by atoms with Gasteiger partial charge in [-0.2, -0.15) is 0 Å². The van der Waals surface area contributed by atoms with E-state index in [2.05, 4.69) is 29.4 Å². The molecule has 0 saturated carbocycles. The van der Waals surface area contributed by atoms with Crippen LogP contribution in [-0.2, 0) is 17.6 Å². The Bertz CT molecular complexity index is 826. The van der Waals surface area contributed by atoms with E-state index in [4.69, 9.17) is 0 Å². The van der Waals surface area contributed by atoms with Gasteiger partial charge in [0.05, 0.1) is 12.1 Å². The number of carboxylic acids is 1. The molecule has 5 heteroatoms. The molecule has 0 amide bonds. The first-order valence-electron chi connectivity index (χ1n) is 7.78. The van der Waals surface area contributed by atoms with Crippen molar-refractivity contribution in [2.45, 2.75) is 19.8 Å². The molecule has 0 bridgehead atoms. The van der Waals surface area contributed by atoms with Gasteiger partial charge in [0, 0.05) is 16.1 Å². The van der Waals surface area contributed by atoms with E-state index < -0.39 is 5.97 Å². The number of carboxylic acid groups (broad SMARTS) is 1. The summed E-state index contributed by atoms with van der Waals surface area (Å²) in [7, 11) is 0. The summed E-state index contributed by atoms with van der Waals surface area (Å²) in [5.41, 5.74) is 3.86. The number of nitrogens with one attached hydrogen (secondary N) is 1. The minimum absolute atomic E-state index is 0.0288. The lowest BCUT2D eigenvalue weighted by molar-refractivity contribution is -0.136. The Balaban J connectivity index is 1.95. The highest BCUT2D eigenvalue weighted by atomic mass is 32.1. The standard InChI is InChI=1S/C19H18N2O2S/c1-2-13-8-10-14(11-9-13)18-16(12-17(22)23)24-19(21-18)20-15-6-4-3-5-7-15/h3-11H,2,12H2,1H3,(H,20,21)(H,22,23). The predicted octanol–water partition coefficient (Wildman–Crippen LogP) is 4.74. The molecule has 24 heavy (non-hydrogen) atoms. The molecule has 0 atom stereocenters. The van der Waals surface area contributed by atoms with Crippen LogP contribution in [0.3, 0.4) is 0 Å². The number of aryl methyl sites for hydroxylation is 1. The third kappa shape index (κ3) is 3.81. The van der Waals surface area contributed by atoms with Gasteiger partial charge in [0.25, 0.3) is 0 Å². The largest absolute Gasteiger partial charge is 0.481 e. The molecular formula is C19H18N2O2S. The number of para-hydroxylation sites is 1. The molecule has 1 aromatic heterocycles. The topological polar surface area (TPSA) is 62.2 Å². The van der Waals surface area contributed by atoms with Gasteiger partial charge in [-0.3, -0.25) is 4.79 Å². The van der Waals surface area contributed by atoms with Crippen molar-refractivity contribution in [2.24, 2.45) is 0 Å². The van der Waals surface area contributed by atoms with E-state index in [1.54, 1.807) is 0 Å². The summed E-state index contributed by atoms with van der Waals surface area (Å²) >= 11 is 1.38. The van der Waals surface area contributed by atoms with Crippen LogP contribution in [0.25, 0.3) is 11.3 Å². The lowest BCUT2D eigenvalue weighted by Gasteiger charge is -2.02. The maximum atomic E-state index is 11.2. The third-order valence-corrected chi connectivity index (χ3v) is 4.64. The fourth-order valence-electron chi connectivity index (χ4n) is 2.43. The van der Waals surface area contributed by atoms with Crippen molar-refractivity contribution in [3.8, 4) is 11.3 Å². The van der Waals surface area contributed by atoms with E-state index in [1.165, 1.54) is 16.9 Å². The number of rotatable bonds is 6. The molecule has 0 radical (unpaired) electrons. The van der Waals surface area contributed by atoms with Crippen molar-refractivity contribution in [1.82, 2.24) is 4.98 Å². The van der Waals surface area contributed by atoms with Crippen LogP contribution in [0.1, 0.15) is 17.4 Å². The zero-order valence-electron chi connectivity index (χ0n) is 13.3. The Morgan fingerprint density at radius 2 is 1.83 bits per heavy atom. The van der Waals surface area contributed by atoms with Gasteiger partial charge in [0.2, 0.25) is 0 Å². The highest BCUT2D eigenvalue weighted by molar-refractivity contribution is 7.16. The summed E-state index contributed by atoms with van der Waals surface area (Å²) in [6.07, 6.45) is 0.944. The fraction of sp³-hybridized carbons (Fsp3) is 0.158. The van der Waals surface area contributed by atoms with Crippen LogP contribution in [0.15, 0.2) is 54.6 Å². The second-order valence-electron chi connectivity index (χ2n) is 5.40. The Morgan fingerprint density at radius 1 is 1.12 bits per heavy atom. The van der Waals surface area contributed by atoms with E-state index in [1.807, 2.05) is 42.5 Å². The van der Waals surface area contributed by atoms with E-state index >= 15 is 0 Å². The Labute approximate surface area is 144 Å². The maximum absolute atomic E-state index is 11.2. The summed E-state index contributed by atoms with van der Waals surface area (Å²) in [5, 5.41) is 13.1. The van der Waals surface area contributed by atoms with Crippen LogP contribution in [0.2, 0.25) is 0 Å². The summed E-state index contributed by atoms with van der Waals surface area (Å²) in [4.78, 5) is 16.6. The lowest BCUT2D eigenvalue weighted by atomic mass is 10.1. The Kier molecular flexibility index (Phi) is 4.91. The van der Waals surface area contributed by atoms with E-state index in [0.717, 1.165) is 28.2 Å². The predicted molar refractivity (Wildman–Crippen MR) is 98.0 cm³/mol. The lowest BCUT2D eigenvalue weighted by Crippen LogP contribution is -1.99. The fourth-order valence-corrected chi connectivity index (χ4v) is 3.43. The number of benzene rings is 2. The van der Waals surface area contributed by atoms with Crippen LogP contribution < -0.4 is 5.32 Å². The number of anilines is 2. The van der Waals surface area contributed by atoms with Crippen molar-refractivity contribution < 1.29 is 9.90 Å². The molecule has 0 aliphatic carbocycles. The van der Waals surface area contributed by atoms with Crippen molar-refractivity contribution in [3.05, 3.63) is 65.0 Å². The average Bonchev–Trinajstić information content (AvgIpc) is 2.97. The monoisotopic (exact) mass is 338 g/mol. The van der Waals surface area contributed by atoms with Gasteiger partial charge in [-0.1, -0.05) is 49.4 Å². The molecule has 2 aromatic carbocycles. The minimum Gasteiger partial charge on any atom is -0.481 e. The minimum atomic E-state index is -0.851. The second-order valence-corrected chi connectivity index (χ2v) is 6.49. The number of hydrogen-bond acceptors (Lipinski definition) is 4. The summed E-state index contributed by atoms with van der Waals surface area (Å²) in [6, 6.07) is 17.9. The number of carbonyl (C=O) groups is 1. The molecule has 0 saturated heterocycles. The molecule has 0 aliphatic rings. The molecule has 122 valence electrons. The van der Waals surface area contributed by atoms with Gasteiger partial charge < -0.3 is 10.4 Å². The summed E-state index contributed by atoms with van der Waals surface area (Å²) in [6.45, 7) is 2.11. The molecule has 4 nitrogen and oxygen atoms in total. The molecule has 3 aromatic rings. The first-order chi connectivity index (χ1) is 11.7. The number of aliphatic carboxylic acids is 1. The number of aromatic nitrogens is 1. The highest BCUT2D eigenvalue weighted by Crippen LogP contribution is 2.33. The van der Waals surface area contributed by atoms with Crippen molar-refractivity contribution in [1.29, 1.82) is 0 Å². The highest BCUT2D eigenvalue weighted by Gasteiger charge is 2.16. The molecule has 0 aliphatic heterocycles. The number of nitrogens with zero attached hydrogens (tertiary/aromatic N) is 1. The van der Waals surface area contributed by atoms with Crippen LogP contribution in [0.5, 0.6) is 0 Å². The van der Waals surface area contributed by atoms with E-state index in [9.17, 15) is 9.90 Å².